The number of nitrogens with zero attached hydrogens (tertiary/aromatic N) is 4. The maximum absolute atomic E-state index is 12.7. The predicted octanol–water partition coefficient (Wildman–Crippen LogP) is 4.85. The summed E-state index contributed by atoms with van der Waals surface area (Å²) in [6.45, 7) is -0.317. The summed E-state index contributed by atoms with van der Waals surface area (Å²) in [4.78, 5) is 18.1. The van der Waals surface area contributed by atoms with Crippen molar-refractivity contribution in [3.8, 4) is 11.1 Å². The number of hydrogen-bond acceptors (Lipinski definition) is 4. The molecule has 1 fully saturated rings. The third-order valence-corrected chi connectivity index (χ3v) is 6.07. The average molecular weight is 467 g/mol. The minimum atomic E-state index is -4.20. The monoisotopic (exact) mass is 467 g/mol. The van der Waals surface area contributed by atoms with Gasteiger partial charge in [-0.2, -0.15) is 18.3 Å². The highest BCUT2D eigenvalue weighted by Crippen LogP contribution is 2.35. The van der Waals surface area contributed by atoms with Gasteiger partial charge in [0, 0.05) is 54.6 Å². The van der Waals surface area contributed by atoms with E-state index < -0.39 is 12.7 Å². The van der Waals surface area contributed by atoms with E-state index in [0.29, 0.717) is 24.7 Å². The summed E-state index contributed by atoms with van der Waals surface area (Å²) in [5.41, 5.74) is 5.17. The molecule has 0 saturated heterocycles. The molecule has 1 amide bonds. The highest BCUT2D eigenvalue weighted by molar-refractivity contribution is 6.02. The summed E-state index contributed by atoms with van der Waals surface area (Å²) < 4.78 is 40.0. The largest absolute Gasteiger partial charge is 0.401 e. The molecule has 1 aliphatic heterocycles. The van der Waals surface area contributed by atoms with Crippen LogP contribution in [0.1, 0.15) is 35.6 Å². The quantitative estimate of drug-likeness (QED) is 0.527. The number of carbonyl (C=O) groups is 1. The fourth-order valence-electron chi connectivity index (χ4n) is 4.25. The molecule has 2 aliphatic rings. The van der Waals surface area contributed by atoms with E-state index in [2.05, 4.69) is 15.4 Å². The number of carbonyl (C=O) groups excluding carboxylic acids is 1. The summed E-state index contributed by atoms with van der Waals surface area (Å²) in [6.07, 6.45) is 9.06. The van der Waals surface area contributed by atoms with E-state index in [-0.39, 0.29) is 12.5 Å². The van der Waals surface area contributed by atoms with Gasteiger partial charge in [-0.1, -0.05) is 6.07 Å². The lowest BCUT2D eigenvalue weighted by Crippen LogP contribution is -2.37. The van der Waals surface area contributed by atoms with Crippen molar-refractivity contribution in [1.82, 2.24) is 19.7 Å². The number of fused-ring (bicyclic) bond motifs is 1. The van der Waals surface area contributed by atoms with Gasteiger partial charge in [-0.25, -0.2) is 0 Å². The van der Waals surface area contributed by atoms with Crippen LogP contribution in [0.3, 0.4) is 0 Å². The van der Waals surface area contributed by atoms with Gasteiger partial charge < -0.3 is 5.32 Å². The summed E-state index contributed by atoms with van der Waals surface area (Å²) in [7, 11) is 0. The van der Waals surface area contributed by atoms with Gasteiger partial charge in [0.25, 0.3) is 0 Å². The Morgan fingerprint density at radius 2 is 2.03 bits per heavy atom. The van der Waals surface area contributed by atoms with Gasteiger partial charge in [0.05, 0.1) is 18.8 Å². The van der Waals surface area contributed by atoms with Crippen LogP contribution in [0.2, 0.25) is 0 Å². The van der Waals surface area contributed by atoms with Crippen LogP contribution in [0.5, 0.6) is 0 Å². The number of anilines is 1. The Kier molecular flexibility index (Phi) is 5.95. The highest BCUT2D eigenvalue weighted by atomic mass is 19.4. The molecule has 3 aromatic rings. The van der Waals surface area contributed by atoms with Gasteiger partial charge in [-0.3, -0.25) is 19.4 Å². The standard InChI is InChI=1S/C25H24F3N5O/c26-25(27,28)16-32-10-8-17-11-21(3-1-19(17)14-32)31-24(34)6-2-18-12-29-9-7-23(18)20-13-30-33(15-20)22-4-5-22/h1-3,6-7,9,11-13,15,22H,4-5,8,10,14,16H2,(H,31,34). The predicted molar refractivity (Wildman–Crippen MR) is 123 cm³/mol. The summed E-state index contributed by atoms with van der Waals surface area (Å²) in [5.74, 6) is -0.294. The van der Waals surface area contributed by atoms with Crippen molar-refractivity contribution in [3.63, 3.8) is 0 Å². The molecule has 1 aromatic carbocycles. The molecule has 3 heterocycles. The van der Waals surface area contributed by atoms with Gasteiger partial charge in [0.1, 0.15) is 0 Å². The van der Waals surface area contributed by atoms with E-state index in [1.807, 2.05) is 29.2 Å². The average Bonchev–Trinajstić information content (AvgIpc) is 3.53. The van der Waals surface area contributed by atoms with Crippen LogP contribution < -0.4 is 5.32 Å². The van der Waals surface area contributed by atoms with Crippen LogP contribution in [0, 0.1) is 0 Å². The zero-order valence-corrected chi connectivity index (χ0v) is 18.4. The Balaban J connectivity index is 1.24. The van der Waals surface area contributed by atoms with E-state index in [9.17, 15) is 18.0 Å². The van der Waals surface area contributed by atoms with Crippen LogP contribution in [0.25, 0.3) is 17.2 Å². The lowest BCUT2D eigenvalue weighted by atomic mass is 9.99. The second-order valence-electron chi connectivity index (χ2n) is 8.79. The number of nitrogens with one attached hydrogen (secondary N) is 1. The van der Waals surface area contributed by atoms with Gasteiger partial charge in [0.15, 0.2) is 0 Å². The summed E-state index contributed by atoms with van der Waals surface area (Å²) in [6, 6.07) is 7.74. The highest BCUT2D eigenvalue weighted by Gasteiger charge is 2.32. The normalized spacial score (nSPS) is 16.6. The fraction of sp³-hybridized carbons (Fsp3) is 0.320. The van der Waals surface area contributed by atoms with Crippen molar-refractivity contribution in [2.45, 2.75) is 38.0 Å². The van der Waals surface area contributed by atoms with Crippen molar-refractivity contribution in [2.75, 3.05) is 18.4 Å². The van der Waals surface area contributed by atoms with Gasteiger partial charge >= 0.3 is 6.18 Å². The van der Waals surface area contributed by atoms with E-state index in [4.69, 9.17) is 0 Å². The Hall–Kier alpha value is -3.46. The molecule has 1 saturated carbocycles. The molecule has 5 rings (SSSR count). The number of rotatable bonds is 6. The minimum absolute atomic E-state index is 0.254. The zero-order chi connectivity index (χ0) is 23.7. The van der Waals surface area contributed by atoms with E-state index >= 15 is 0 Å². The molecule has 0 atom stereocenters. The van der Waals surface area contributed by atoms with Crippen molar-refractivity contribution in [3.05, 3.63) is 71.8 Å². The first kappa shape index (κ1) is 22.3. The third kappa shape index (κ3) is 5.36. The number of aromatic nitrogens is 3. The van der Waals surface area contributed by atoms with Gasteiger partial charge in [-0.05, 0) is 60.2 Å². The van der Waals surface area contributed by atoms with Crippen molar-refractivity contribution in [2.24, 2.45) is 0 Å². The molecule has 0 radical (unpaired) electrons. The first-order valence-electron chi connectivity index (χ1n) is 11.2. The molecule has 0 unspecified atom stereocenters. The smallest absolute Gasteiger partial charge is 0.323 e. The molecule has 6 nitrogen and oxygen atoms in total. The maximum atomic E-state index is 12.7. The number of hydrogen-bond donors (Lipinski definition) is 1. The number of benzene rings is 1. The molecule has 1 N–H and O–H groups in total. The molecule has 1 aliphatic carbocycles. The van der Waals surface area contributed by atoms with Crippen LogP contribution in [0.15, 0.2) is 55.1 Å². The number of alkyl halides is 3. The van der Waals surface area contributed by atoms with Crippen LogP contribution in [-0.4, -0.2) is 44.8 Å². The lowest BCUT2D eigenvalue weighted by molar-refractivity contribution is -0.147. The number of halogens is 3. The Labute approximate surface area is 195 Å². The van der Waals surface area contributed by atoms with Crippen LogP contribution >= 0.6 is 0 Å². The molecule has 2 aromatic heterocycles. The Bertz CT molecular complexity index is 1230. The van der Waals surface area contributed by atoms with Crippen LogP contribution in [0.4, 0.5) is 18.9 Å². The van der Waals surface area contributed by atoms with Crippen molar-refractivity contribution in [1.29, 1.82) is 0 Å². The van der Waals surface area contributed by atoms with Crippen molar-refractivity contribution >= 4 is 17.7 Å². The van der Waals surface area contributed by atoms with E-state index in [0.717, 1.165) is 40.7 Å². The Morgan fingerprint density at radius 1 is 1.18 bits per heavy atom. The lowest BCUT2D eigenvalue weighted by Gasteiger charge is -2.29. The Morgan fingerprint density at radius 3 is 2.82 bits per heavy atom. The molecular weight excluding hydrogens is 443 g/mol. The van der Waals surface area contributed by atoms with Crippen LogP contribution in [-0.2, 0) is 17.8 Å². The third-order valence-electron chi connectivity index (χ3n) is 6.07. The molecule has 0 bridgehead atoms. The van der Waals surface area contributed by atoms with E-state index in [1.165, 1.54) is 11.0 Å². The molecule has 34 heavy (non-hydrogen) atoms. The number of pyridine rings is 1. The first-order valence-corrected chi connectivity index (χ1v) is 11.2. The summed E-state index contributed by atoms with van der Waals surface area (Å²) in [5, 5.41) is 7.28. The second-order valence-corrected chi connectivity index (χ2v) is 8.79. The topological polar surface area (TPSA) is 63.1 Å². The molecule has 176 valence electrons. The molecule has 9 heteroatoms. The van der Waals surface area contributed by atoms with Crippen molar-refractivity contribution < 1.29 is 18.0 Å². The molecular formula is C25H24F3N5O. The minimum Gasteiger partial charge on any atom is -0.323 e. The van der Waals surface area contributed by atoms with E-state index in [1.54, 1.807) is 30.6 Å². The fourth-order valence-corrected chi connectivity index (χ4v) is 4.25. The van der Waals surface area contributed by atoms with Gasteiger partial charge in [0.2, 0.25) is 5.91 Å². The van der Waals surface area contributed by atoms with Gasteiger partial charge in [-0.15, -0.1) is 0 Å². The maximum Gasteiger partial charge on any atom is 0.401 e. The molecule has 0 spiro atoms. The second kappa shape index (κ2) is 9.06. The first-order chi connectivity index (χ1) is 16.3. The zero-order valence-electron chi connectivity index (χ0n) is 18.4. The SMILES string of the molecule is O=C(C=Cc1cnccc1-c1cnn(C2CC2)c1)Nc1ccc2c(c1)CCN(CC(F)(F)F)C2. The summed E-state index contributed by atoms with van der Waals surface area (Å²) >= 11 is 0. The number of amides is 1.